The van der Waals surface area contributed by atoms with E-state index in [1.165, 1.54) is 25.3 Å². The number of carbonyl (C=O) groups is 1. The summed E-state index contributed by atoms with van der Waals surface area (Å²) in [6.45, 7) is -0.850. The van der Waals surface area contributed by atoms with Crippen molar-refractivity contribution in [3.05, 3.63) is 29.3 Å². The molecule has 0 heterocycles. The van der Waals surface area contributed by atoms with Gasteiger partial charge in [-0.1, -0.05) is 11.8 Å². The predicted octanol–water partition coefficient (Wildman–Crippen LogP) is 1.72. The van der Waals surface area contributed by atoms with Crippen molar-refractivity contribution in [3.63, 3.8) is 0 Å². The molecule has 1 aromatic carbocycles. The Bertz CT molecular complexity index is 559. The average Bonchev–Trinajstić information content (AvgIpc) is 2.43. The van der Waals surface area contributed by atoms with Crippen LogP contribution in [0.2, 0.25) is 0 Å². The van der Waals surface area contributed by atoms with Crippen LogP contribution in [0.4, 0.5) is 13.2 Å². The number of nitrogens with one attached hydrogen (secondary N) is 1. The molecule has 1 aromatic rings. The van der Waals surface area contributed by atoms with Crippen LogP contribution >= 0.6 is 0 Å². The Morgan fingerprint density at radius 2 is 2.14 bits per heavy atom. The molecular formula is C14H14F3NO3. The summed E-state index contributed by atoms with van der Waals surface area (Å²) >= 11 is 0. The highest BCUT2D eigenvalue weighted by Crippen LogP contribution is 2.20. The Morgan fingerprint density at radius 1 is 1.43 bits per heavy atom. The summed E-state index contributed by atoms with van der Waals surface area (Å²) in [4.78, 5) is 11.7. The molecule has 0 aliphatic heterocycles. The zero-order valence-electron chi connectivity index (χ0n) is 11.3. The number of amides is 1. The van der Waals surface area contributed by atoms with Crippen LogP contribution in [0.3, 0.4) is 0 Å². The van der Waals surface area contributed by atoms with E-state index >= 15 is 0 Å². The van der Waals surface area contributed by atoms with Gasteiger partial charge < -0.3 is 15.2 Å². The van der Waals surface area contributed by atoms with Gasteiger partial charge in [0.25, 0.3) is 5.91 Å². The normalized spacial score (nSPS) is 10.5. The summed E-state index contributed by atoms with van der Waals surface area (Å²) in [6.07, 6.45) is -5.41. The van der Waals surface area contributed by atoms with E-state index in [0.717, 1.165) is 0 Å². The van der Waals surface area contributed by atoms with Crippen molar-refractivity contribution < 1.29 is 27.8 Å². The van der Waals surface area contributed by atoms with Gasteiger partial charge in [0.15, 0.2) is 0 Å². The minimum atomic E-state index is -4.31. The van der Waals surface area contributed by atoms with E-state index in [1.54, 1.807) is 0 Å². The van der Waals surface area contributed by atoms with Gasteiger partial charge in [-0.2, -0.15) is 13.2 Å². The molecule has 1 rings (SSSR count). The fourth-order valence-corrected chi connectivity index (χ4v) is 1.50. The number of aliphatic hydroxyl groups excluding tert-OH is 1. The van der Waals surface area contributed by atoms with Gasteiger partial charge in [0.2, 0.25) is 0 Å². The molecule has 7 heteroatoms. The standard InChI is InChI=1S/C14H14F3NO3/c1-21-12-5-4-11(9-10(12)3-2-8-19)13(20)18-7-6-14(15,16)17/h4-5,9,19H,6-8H2,1H3,(H,18,20). The number of hydrogen-bond acceptors (Lipinski definition) is 3. The van der Waals surface area contributed by atoms with Gasteiger partial charge >= 0.3 is 6.18 Å². The number of benzene rings is 1. The van der Waals surface area contributed by atoms with Gasteiger partial charge in [0.05, 0.1) is 19.1 Å². The third-order valence-electron chi connectivity index (χ3n) is 2.46. The van der Waals surface area contributed by atoms with Crippen LogP contribution in [0.1, 0.15) is 22.3 Å². The monoisotopic (exact) mass is 301 g/mol. The molecule has 0 aliphatic rings. The maximum atomic E-state index is 12.0. The highest BCUT2D eigenvalue weighted by atomic mass is 19.4. The molecule has 0 bridgehead atoms. The first-order valence-electron chi connectivity index (χ1n) is 6.00. The SMILES string of the molecule is COc1ccc(C(=O)NCCC(F)(F)F)cc1C#CCO. The lowest BCUT2D eigenvalue weighted by molar-refractivity contribution is -0.132. The molecule has 2 N–H and O–H groups in total. The summed E-state index contributed by atoms with van der Waals surface area (Å²) < 4.78 is 41.0. The number of ether oxygens (including phenoxy) is 1. The number of hydrogen-bond donors (Lipinski definition) is 2. The zero-order chi connectivity index (χ0) is 15.9. The van der Waals surface area contributed by atoms with Gasteiger partial charge in [0, 0.05) is 12.1 Å². The lowest BCUT2D eigenvalue weighted by Crippen LogP contribution is -2.27. The van der Waals surface area contributed by atoms with E-state index in [-0.39, 0.29) is 12.2 Å². The van der Waals surface area contributed by atoms with Gasteiger partial charge in [0.1, 0.15) is 12.4 Å². The van der Waals surface area contributed by atoms with Crippen LogP contribution in [0.25, 0.3) is 0 Å². The van der Waals surface area contributed by atoms with Crippen molar-refractivity contribution in [2.75, 3.05) is 20.3 Å². The summed E-state index contributed by atoms with van der Waals surface area (Å²) in [7, 11) is 1.42. The molecule has 0 spiro atoms. The molecule has 0 saturated heterocycles. The molecule has 0 fully saturated rings. The Morgan fingerprint density at radius 3 is 2.71 bits per heavy atom. The summed E-state index contributed by atoms with van der Waals surface area (Å²) in [6, 6.07) is 4.30. The Labute approximate surface area is 119 Å². The van der Waals surface area contributed by atoms with Gasteiger partial charge in [-0.3, -0.25) is 4.79 Å². The summed E-state index contributed by atoms with van der Waals surface area (Å²) in [5.41, 5.74) is 0.537. The highest BCUT2D eigenvalue weighted by molar-refractivity contribution is 5.94. The van der Waals surface area contributed by atoms with Crippen molar-refractivity contribution in [1.29, 1.82) is 0 Å². The van der Waals surface area contributed by atoms with Crippen molar-refractivity contribution in [2.24, 2.45) is 0 Å². The predicted molar refractivity (Wildman–Crippen MR) is 70.0 cm³/mol. The Hall–Kier alpha value is -2.20. The number of methoxy groups -OCH3 is 1. The van der Waals surface area contributed by atoms with Crippen LogP contribution < -0.4 is 10.1 Å². The van der Waals surface area contributed by atoms with E-state index in [0.29, 0.717) is 11.3 Å². The minimum absolute atomic E-state index is 0.167. The van der Waals surface area contributed by atoms with Crippen LogP contribution in [-0.4, -0.2) is 37.5 Å². The quantitative estimate of drug-likeness (QED) is 0.833. The molecule has 0 atom stereocenters. The molecule has 0 unspecified atom stereocenters. The molecule has 4 nitrogen and oxygen atoms in total. The number of rotatable bonds is 4. The van der Waals surface area contributed by atoms with Gasteiger partial charge in [-0.05, 0) is 18.2 Å². The zero-order valence-corrected chi connectivity index (χ0v) is 11.3. The molecule has 0 aromatic heterocycles. The van der Waals surface area contributed by atoms with Crippen LogP contribution in [0.15, 0.2) is 18.2 Å². The molecule has 114 valence electrons. The van der Waals surface area contributed by atoms with Gasteiger partial charge in [-0.25, -0.2) is 0 Å². The first kappa shape index (κ1) is 16.9. The van der Waals surface area contributed by atoms with E-state index in [2.05, 4.69) is 17.2 Å². The second-order valence-electron chi connectivity index (χ2n) is 4.00. The minimum Gasteiger partial charge on any atom is -0.495 e. The van der Waals surface area contributed by atoms with Crippen molar-refractivity contribution in [1.82, 2.24) is 5.32 Å². The van der Waals surface area contributed by atoms with Crippen LogP contribution in [0, 0.1) is 11.8 Å². The molecule has 0 aliphatic carbocycles. The van der Waals surface area contributed by atoms with Gasteiger partial charge in [-0.15, -0.1) is 0 Å². The maximum Gasteiger partial charge on any atom is 0.390 e. The molecule has 1 amide bonds. The first-order chi connectivity index (χ1) is 9.87. The third kappa shape index (κ3) is 5.75. The second kappa shape index (κ2) is 7.55. The second-order valence-corrected chi connectivity index (χ2v) is 4.00. The van der Waals surface area contributed by atoms with E-state index in [9.17, 15) is 18.0 Å². The van der Waals surface area contributed by atoms with E-state index < -0.39 is 25.0 Å². The Kier molecular flexibility index (Phi) is 6.06. The fraction of sp³-hybridized carbons (Fsp3) is 0.357. The van der Waals surface area contributed by atoms with E-state index in [4.69, 9.17) is 9.84 Å². The largest absolute Gasteiger partial charge is 0.495 e. The van der Waals surface area contributed by atoms with Crippen LogP contribution in [-0.2, 0) is 0 Å². The molecule has 0 saturated carbocycles. The number of alkyl halides is 3. The smallest absolute Gasteiger partial charge is 0.390 e. The topological polar surface area (TPSA) is 58.6 Å². The lowest BCUT2D eigenvalue weighted by atomic mass is 10.1. The summed E-state index contributed by atoms with van der Waals surface area (Å²) in [5, 5.41) is 10.8. The molecular weight excluding hydrogens is 287 g/mol. The number of aliphatic hydroxyl groups is 1. The summed E-state index contributed by atoms with van der Waals surface area (Å²) in [5.74, 6) is 4.79. The molecule has 21 heavy (non-hydrogen) atoms. The van der Waals surface area contributed by atoms with Crippen LogP contribution in [0.5, 0.6) is 5.75 Å². The first-order valence-corrected chi connectivity index (χ1v) is 6.00. The van der Waals surface area contributed by atoms with Crippen molar-refractivity contribution in [3.8, 4) is 17.6 Å². The Balaban J connectivity index is 2.81. The lowest BCUT2D eigenvalue weighted by Gasteiger charge is -2.09. The highest BCUT2D eigenvalue weighted by Gasteiger charge is 2.26. The fourth-order valence-electron chi connectivity index (χ4n) is 1.50. The number of halogens is 3. The third-order valence-corrected chi connectivity index (χ3v) is 2.46. The average molecular weight is 301 g/mol. The van der Waals surface area contributed by atoms with E-state index in [1.807, 2.05) is 0 Å². The van der Waals surface area contributed by atoms with Crippen molar-refractivity contribution >= 4 is 5.91 Å². The number of carbonyl (C=O) groups excluding carboxylic acids is 1. The molecule has 0 radical (unpaired) electrons. The maximum absolute atomic E-state index is 12.0. The van der Waals surface area contributed by atoms with Crippen molar-refractivity contribution in [2.45, 2.75) is 12.6 Å².